The number of carbonyl (C=O) groups excluding carboxylic acids is 1. The van der Waals surface area contributed by atoms with Crippen molar-refractivity contribution in [2.24, 2.45) is 0 Å². The van der Waals surface area contributed by atoms with Gasteiger partial charge in [0.15, 0.2) is 0 Å². The Hall–Kier alpha value is -0.800. The number of rotatable bonds is 6. The summed E-state index contributed by atoms with van der Waals surface area (Å²) in [6, 6.07) is 7.24. The average Bonchev–Trinajstić information content (AvgIpc) is 2.65. The molecule has 1 amide bonds. The minimum atomic E-state index is -0.284. The fourth-order valence-electron chi connectivity index (χ4n) is 2.96. The quantitative estimate of drug-likeness (QED) is 0.675. The van der Waals surface area contributed by atoms with E-state index in [-0.39, 0.29) is 49.2 Å². The molecule has 0 bridgehead atoms. The van der Waals surface area contributed by atoms with Crippen molar-refractivity contribution in [1.29, 1.82) is 0 Å². The van der Waals surface area contributed by atoms with Crippen LogP contribution in [0.4, 0.5) is 5.69 Å². The first-order valence-corrected chi connectivity index (χ1v) is 8.96. The van der Waals surface area contributed by atoms with Gasteiger partial charge in [-0.2, -0.15) is 0 Å². The van der Waals surface area contributed by atoms with Crippen LogP contribution in [0.3, 0.4) is 0 Å². The van der Waals surface area contributed by atoms with Crippen molar-refractivity contribution in [3.63, 3.8) is 0 Å². The molecule has 0 saturated carbocycles. The molecule has 2 N–H and O–H groups in total. The first kappa shape index (κ1) is 27.2. The van der Waals surface area contributed by atoms with Gasteiger partial charge in [-0.1, -0.05) is 0 Å². The molecule has 2 fully saturated rings. The van der Waals surface area contributed by atoms with E-state index >= 15 is 0 Å². The van der Waals surface area contributed by atoms with Crippen LogP contribution >= 0.6 is 37.2 Å². The minimum Gasteiger partial charge on any atom is -0.492 e. The maximum absolute atomic E-state index is 12.1. The molecule has 1 unspecified atom stereocenters. The first-order valence-electron chi connectivity index (χ1n) is 8.96. The van der Waals surface area contributed by atoms with Crippen LogP contribution in [-0.4, -0.2) is 87.9 Å². The van der Waals surface area contributed by atoms with Crippen molar-refractivity contribution in [3.05, 3.63) is 24.3 Å². The highest BCUT2D eigenvalue weighted by molar-refractivity contribution is 5.95. The van der Waals surface area contributed by atoms with E-state index in [1.807, 2.05) is 24.3 Å². The number of carbonyl (C=O) groups is 1. The standard InChI is InChI=1S/C18H28N4O3.3ClH/c1-21-7-9-22(10-8-21)11-13-25-16-4-2-15(3-5-16)20-18(23)17-14-24-12-6-19-17;;;/h2-5,17,19H,6-14H2,1H3,(H,20,23);3*1H. The first-order chi connectivity index (χ1) is 12.2. The molecule has 7 nitrogen and oxygen atoms in total. The third-order valence-electron chi connectivity index (χ3n) is 4.63. The van der Waals surface area contributed by atoms with Gasteiger partial charge in [-0.15, -0.1) is 37.2 Å². The molecule has 2 aliphatic rings. The molecule has 0 radical (unpaired) electrons. The van der Waals surface area contributed by atoms with Crippen LogP contribution in [0.1, 0.15) is 0 Å². The number of morpholine rings is 1. The van der Waals surface area contributed by atoms with Gasteiger partial charge in [-0.05, 0) is 31.3 Å². The van der Waals surface area contributed by atoms with Crippen molar-refractivity contribution in [3.8, 4) is 5.75 Å². The number of piperazine rings is 1. The van der Waals surface area contributed by atoms with Crippen LogP contribution in [0.5, 0.6) is 5.75 Å². The number of nitrogens with one attached hydrogen (secondary N) is 2. The molecule has 0 aromatic heterocycles. The SMILES string of the molecule is CN1CCN(CCOc2ccc(NC(=O)C3COCCN3)cc2)CC1.Cl.Cl.Cl. The number of likely N-dealkylation sites (N-methyl/N-ethyl adjacent to an activating group) is 1. The Morgan fingerprint density at radius 1 is 1.18 bits per heavy atom. The lowest BCUT2D eigenvalue weighted by Crippen LogP contribution is -2.48. The molecule has 1 aromatic carbocycles. The fraction of sp³-hybridized carbons (Fsp3) is 0.611. The number of halogens is 3. The second-order valence-corrected chi connectivity index (χ2v) is 6.59. The summed E-state index contributed by atoms with van der Waals surface area (Å²) in [4.78, 5) is 16.9. The zero-order valence-electron chi connectivity index (χ0n) is 16.1. The maximum atomic E-state index is 12.1. The Kier molecular flexibility index (Phi) is 13.8. The van der Waals surface area contributed by atoms with Crippen LogP contribution in [-0.2, 0) is 9.53 Å². The largest absolute Gasteiger partial charge is 0.492 e. The van der Waals surface area contributed by atoms with Gasteiger partial charge < -0.3 is 25.0 Å². The van der Waals surface area contributed by atoms with Crippen LogP contribution in [0, 0.1) is 0 Å². The second kappa shape index (κ2) is 14.2. The lowest BCUT2D eigenvalue weighted by molar-refractivity contribution is -0.120. The molecule has 28 heavy (non-hydrogen) atoms. The van der Waals surface area contributed by atoms with Crippen LogP contribution < -0.4 is 15.4 Å². The number of benzene rings is 1. The number of amides is 1. The summed E-state index contributed by atoms with van der Waals surface area (Å²) >= 11 is 0. The minimum absolute atomic E-state index is 0. The van der Waals surface area contributed by atoms with Gasteiger partial charge in [0.2, 0.25) is 5.91 Å². The van der Waals surface area contributed by atoms with Crippen LogP contribution in [0.15, 0.2) is 24.3 Å². The smallest absolute Gasteiger partial charge is 0.243 e. The molecule has 2 saturated heterocycles. The Bertz CT molecular complexity index is 552. The molecular weight excluding hydrogens is 427 g/mol. The number of anilines is 1. The van der Waals surface area contributed by atoms with Gasteiger partial charge in [0.05, 0.1) is 13.2 Å². The van der Waals surface area contributed by atoms with E-state index in [9.17, 15) is 4.79 Å². The molecule has 1 aromatic rings. The molecule has 0 spiro atoms. The summed E-state index contributed by atoms with van der Waals surface area (Å²) < 4.78 is 11.1. The topological polar surface area (TPSA) is 66.1 Å². The normalized spacial score (nSPS) is 20.1. The summed E-state index contributed by atoms with van der Waals surface area (Å²) in [6.07, 6.45) is 0. The van der Waals surface area contributed by atoms with Crippen molar-refractivity contribution in [1.82, 2.24) is 15.1 Å². The Morgan fingerprint density at radius 3 is 2.46 bits per heavy atom. The van der Waals surface area contributed by atoms with Gasteiger partial charge in [0.25, 0.3) is 0 Å². The number of hydrogen-bond acceptors (Lipinski definition) is 6. The van der Waals surface area contributed by atoms with E-state index in [1.54, 1.807) is 0 Å². The molecule has 162 valence electrons. The Morgan fingerprint density at radius 2 is 1.86 bits per heavy atom. The van der Waals surface area contributed by atoms with Crippen molar-refractivity contribution >= 4 is 48.8 Å². The third kappa shape index (κ3) is 8.69. The third-order valence-corrected chi connectivity index (χ3v) is 4.63. The van der Waals surface area contributed by atoms with Crippen LogP contribution in [0.25, 0.3) is 0 Å². The van der Waals surface area contributed by atoms with Gasteiger partial charge in [-0.25, -0.2) is 0 Å². The van der Waals surface area contributed by atoms with Gasteiger partial charge in [-0.3, -0.25) is 9.69 Å². The van der Waals surface area contributed by atoms with E-state index < -0.39 is 0 Å². The van der Waals surface area contributed by atoms with Gasteiger partial charge >= 0.3 is 0 Å². The molecule has 2 heterocycles. The Labute approximate surface area is 185 Å². The molecule has 10 heteroatoms. The zero-order chi connectivity index (χ0) is 17.5. The van der Waals surface area contributed by atoms with Gasteiger partial charge in [0, 0.05) is 45.0 Å². The summed E-state index contributed by atoms with van der Waals surface area (Å²) in [5, 5.41) is 6.04. The predicted octanol–water partition coefficient (Wildman–Crippen LogP) is 1.51. The molecule has 2 aliphatic heterocycles. The lowest BCUT2D eigenvalue weighted by atomic mass is 10.2. The second-order valence-electron chi connectivity index (χ2n) is 6.59. The van der Waals surface area contributed by atoms with E-state index in [4.69, 9.17) is 9.47 Å². The average molecular weight is 458 g/mol. The number of hydrogen-bond donors (Lipinski definition) is 2. The number of nitrogens with zero attached hydrogens (tertiary/aromatic N) is 2. The van der Waals surface area contributed by atoms with Crippen molar-refractivity contribution < 1.29 is 14.3 Å². The maximum Gasteiger partial charge on any atom is 0.243 e. The fourth-order valence-corrected chi connectivity index (χ4v) is 2.96. The lowest BCUT2D eigenvalue weighted by Gasteiger charge is -2.32. The van der Waals surface area contributed by atoms with E-state index in [0.717, 1.165) is 44.2 Å². The molecule has 0 aliphatic carbocycles. The summed E-state index contributed by atoms with van der Waals surface area (Å²) in [6.45, 7) is 7.85. The predicted molar refractivity (Wildman–Crippen MR) is 119 cm³/mol. The summed E-state index contributed by atoms with van der Waals surface area (Å²) in [5.41, 5.74) is 0.767. The zero-order valence-corrected chi connectivity index (χ0v) is 18.5. The highest BCUT2D eigenvalue weighted by Crippen LogP contribution is 2.16. The highest BCUT2D eigenvalue weighted by atomic mass is 35.5. The molecule has 3 rings (SSSR count). The molecule has 1 atom stereocenters. The van der Waals surface area contributed by atoms with Crippen LogP contribution in [0.2, 0.25) is 0 Å². The summed E-state index contributed by atoms with van der Waals surface area (Å²) in [5.74, 6) is 0.759. The van der Waals surface area contributed by atoms with Gasteiger partial charge in [0.1, 0.15) is 18.4 Å². The van der Waals surface area contributed by atoms with Crippen molar-refractivity contribution in [2.75, 3.05) is 71.5 Å². The highest BCUT2D eigenvalue weighted by Gasteiger charge is 2.21. The van der Waals surface area contributed by atoms with E-state index in [1.165, 1.54) is 0 Å². The monoisotopic (exact) mass is 456 g/mol. The van der Waals surface area contributed by atoms with E-state index in [0.29, 0.717) is 26.4 Å². The Balaban J connectivity index is 0.00000243. The van der Waals surface area contributed by atoms with Crippen molar-refractivity contribution in [2.45, 2.75) is 6.04 Å². The number of ether oxygens (including phenoxy) is 2. The van der Waals surface area contributed by atoms with E-state index in [2.05, 4.69) is 27.5 Å². The molecular formula is C18H31Cl3N4O3. The summed E-state index contributed by atoms with van der Waals surface area (Å²) in [7, 11) is 2.16.